The van der Waals surface area contributed by atoms with Crippen LogP contribution in [0.15, 0.2) is 67.0 Å². The molecule has 0 spiro atoms. The zero-order valence-corrected chi connectivity index (χ0v) is 12.6. The second-order valence-corrected chi connectivity index (χ2v) is 5.05. The SMILES string of the molecule is CC(=O)c1ccccc1NC(=O)c1ccc(-n2cccn2)cc1. The van der Waals surface area contributed by atoms with E-state index in [-0.39, 0.29) is 11.7 Å². The molecule has 0 bridgehead atoms. The van der Waals surface area contributed by atoms with Gasteiger partial charge in [-0.25, -0.2) is 4.68 Å². The Kier molecular flexibility index (Phi) is 4.01. The summed E-state index contributed by atoms with van der Waals surface area (Å²) in [5.41, 5.74) is 2.39. The first kappa shape index (κ1) is 14.7. The largest absolute Gasteiger partial charge is 0.321 e. The van der Waals surface area contributed by atoms with Crippen LogP contribution >= 0.6 is 0 Å². The van der Waals surface area contributed by atoms with Gasteiger partial charge in [-0.15, -0.1) is 0 Å². The summed E-state index contributed by atoms with van der Waals surface area (Å²) in [5.74, 6) is -0.347. The minimum atomic E-state index is -0.259. The van der Waals surface area contributed by atoms with E-state index in [9.17, 15) is 9.59 Å². The van der Waals surface area contributed by atoms with Crippen molar-refractivity contribution in [3.63, 3.8) is 0 Å². The first-order chi connectivity index (χ1) is 11.1. The number of aromatic nitrogens is 2. The highest BCUT2D eigenvalue weighted by atomic mass is 16.1. The molecule has 5 heteroatoms. The van der Waals surface area contributed by atoms with Crippen molar-refractivity contribution < 1.29 is 9.59 Å². The zero-order valence-electron chi connectivity index (χ0n) is 12.6. The Morgan fingerprint density at radius 3 is 2.39 bits per heavy atom. The van der Waals surface area contributed by atoms with E-state index in [4.69, 9.17) is 0 Å². The monoisotopic (exact) mass is 305 g/mol. The van der Waals surface area contributed by atoms with Gasteiger partial charge < -0.3 is 5.32 Å². The second kappa shape index (κ2) is 6.27. The molecule has 0 unspecified atom stereocenters. The number of anilines is 1. The third kappa shape index (κ3) is 3.18. The van der Waals surface area contributed by atoms with Crippen LogP contribution in [-0.4, -0.2) is 21.5 Å². The molecule has 2 aromatic carbocycles. The smallest absolute Gasteiger partial charge is 0.255 e. The number of rotatable bonds is 4. The molecule has 0 radical (unpaired) electrons. The Morgan fingerprint density at radius 1 is 1.00 bits per heavy atom. The van der Waals surface area contributed by atoms with Crippen LogP contribution < -0.4 is 5.32 Å². The van der Waals surface area contributed by atoms with Gasteiger partial charge in [0.1, 0.15) is 0 Å². The molecule has 0 fully saturated rings. The lowest BCUT2D eigenvalue weighted by molar-refractivity contribution is 0.101. The van der Waals surface area contributed by atoms with E-state index in [2.05, 4.69) is 10.4 Å². The number of Topliss-reactive ketones (excluding diaryl/α,β-unsaturated/α-hetero) is 1. The van der Waals surface area contributed by atoms with Gasteiger partial charge in [0.15, 0.2) is 5.78 Å². The molecule has 1 amide bonds. The van der Waals surface area contributed by atoms with Crippen molar-refractivity contribution in [1.29, 1.82) is 0 Å². The maximum absolute atomic E-state index is 12.3. The van der Waals surface area contributed by atoms with Gasteiger partial charge >= 0.3 is 0 Å². The Balaban J connectivity index is 1.80. The number of ketones is 1. The molecule has 1 heterocycles. The van der Waals surface area contributed by atoms with Crippen LogP contribution in [0.25, 0.3) is 5.69 Å². The van der Waals surface area contributed by atoms with Crippen molar-refractivity contribution in [3.05, 3.63) is 78.1 Å². The number of nitrogens with zero attached hydrogens (tertiary/aromatic N) is 2. The van der Waals surface area contributed by atoms with Gasteiger partial charge in [0.2, 0.25) is 0 Å². The number of benzene rings is 2. The third-order valence-electron chi connectivity index (χ3n) is 3.45. The van der Waals surface area contributed by atoms with E-state index in [0.29, 0.717) is 16.8 Å². The molecule has 114 valence electrons. The van der Waals surface area contributed by atoms with Crippen molar-refractivity contribution in [2.24, 2.45) is 0 Å². The summed E-state index contributed by atoms with van der Waals surface area (Å²) in [4.78, 5) is 23.9. The average molecular weight is 305 g/mol. The van der Waals surface area contributed by atoms with Crippen molar-refractivity contribution >= 4 is 17.4 Å². The molecule has 0 saturated heterocycles. The molecule has 23 heavy (non-hydrogen) atoms. The number of para-hydroxylation sites is 1. The standard InChI is InChI=1S/C18H15N3O2/c1-13(22)16-5-2-3-6-17(16)20-18(23)14-7-9-15(10-8-14)21-12-4-11-19-21/h2-12H,1H3,(H,20,23). The highest BCUT2D eigenvalue weighted by molar-refractivity contribution is 6.09. The zero-order chi connectivity index (χ0) is 16.2. The summed E-state index contributed by atoms with van der Waals surface area (Å²) < 4.78 is 1.72. The van der Waals surface area contributed by atoms with Crippen LogP contribution in [0.2, 0.25) is 0 Å². The van der Waals surface area contributed by atoms with Crippen LogP contribution in [0.5, 0.6) is 0 Å². The maximum Gasteiger partial charge on any atom is 0.255 e. The highest BCUT2D eigenvalue weighted by Gasteiger charge is 2.11. The van der Waals surface area contributed by atoms with Gasteiger partial charge in [-0.3, -0.25) is 9.59 Å². The van der Waals surface area contributed by atoms with E-state index < -0.39 is 0 Å². The van der Waals surface area contributed by atoms with Gasteiger partial charge in [-0.1, -0.05) is 12.1 Å². The summed E-state index contributed by atoms with van der Waals surface area (Å²) >= 11 is 0. The minimum absolute atomic E-state index is 0.0880. The molecule has 1 aromatic heterocycles. The molecule has 3 rings (SSSR count). The van der Waals surface area contributed by atoms with Gasteiger partial charge in [0.05, 0.1) is 11.4 Å². The van der Waals surface area contributed by atoms with E-state index in [1.54, 1.807) is 47.3 Å². The summed E-state index contributed by atoms with van der Waals surface area (Å²) in [5, 5.41) is 6.92. The van der Waals surface area contributed by atoms with Crippen LogP contribution in [-0.2, 0) is 0 Å². The normalized spacial score (nSPS) is 10.3. The molecule has 0 aliphatic carbocycles. The number of amides is 1. The maximum atomic E-state index is 12.3. The summed E-state index contributed by atoms with van der Waals surface area (Å²) in [6.45, 7) is 1.48. The highest BCUT2D eigenvalue weighted by Crippen LogP contribution is 2.17. The van der Waals surface area contributed by atoms with Crippen molar-refractivity contribution in [2.75, 3.05) is 5.32 Å². The van der Waals surface area contributed by atoms with E-state index in [0.717, 1.165) is 5.69 Å². The first-order valence-corrected chi connectivity index (χ1v) is 7.16. The molecular formula is C18H15N3O2. The fourth-order valence-electron chi connectivity index (χ4n) is 2.28. The quantitative estimate of drug-likeness (QED) is 0.752. The van der Waals surface area contributed by atoms with Crippen LogP contribution in [0.4, 0.5) is 5.69 Å². The average Bonchev–Trinajstić information content (AvgIpc) is 3.10. The molecule has 3 aromatic rings. The molecule has 0 aliphatic rings. The van der Waals surface area contributed by atoms with Crippen LogP contribution in [0, 0.1) is 0 Å². The fourth-order valence-corrected chi connectivity index (χ4v) is 2.28. The number of nitrogens with one attached hydrogen (secondary N) is 1. The second-order valence-electron chi connectivity index (χ2n) is 5.05. The summed E-state index contributed by atoms with van der Waals surface area (Å²) in [6.07, 6.45) is 3.53. The predicted octanol–water partition coefficient (Wildman–Crippen LogP) is 3.33. The lowest BCUT2D eigenvalue weighted by Gasteiger charge is -2.09. The van der Waals surface area contributed by atoms with Crippen molar-refractivity contribution in [3.8, 4) is 5.69 Å². The van der Waals surface area contributed by atoms with Crippen LogP contribution in [0.3, 0.4) is 0 Å². The number of hydrogen-bond donors (Lipinski definition) is 1. The Hall–Kier alpha value is -3.21. The lowest BCUT2D eigenvalue weighted by Crippen LogP contribution is -2.14. The number of carbonyl (C=O) groups is 2. The van der Waals surface area contributed by atoms with Gasteiger partial charge in [-0.05, 0) is 49.4 Å². The van der Waals surface area contributed by atoms with E-state index >= 15 is 0 Å². The third-order valence-corrected chi connectivity index (χ3v) is 3.45. The molecule has 0 atom stereocenters. The summed E-state index contributed by atoms with van der Waals surface area (Å²) in [7, 11) is 0. The van der Waals surface area contributed by atoms with Crippen LogP contribution in [0.1, 0.15) is 27.6 Å². The minimum Gasteiger partial charge on any atom is -0.321 e. The van der Waals surface area contributed by atoms with E-state index in [1.165, 1.54) is 6.92 Å². The Morgan fingerprint density at radius 2 is 1.74 bits per heavy atom. The fraction of sp³-hybridized carbons (Fsp3) is 0.0556. The first-order valence-electron chi connectivity index (χ1n) is 7.16. The lowest BCUT2D eigenvalue weighted by atomic mass is 10.1. The predicted molar refractivity (Wildman–Crippen MR) is 88.0 cm³/mol. The molecule has 0 aliphatic heterocycles. The number of carbonyl (C=O) groups excluding carboxylic acids is 2. The molecule has 1 N–H and O–H groups in total. The van der Waals surface area contributed by atoms with Crippen molar-refractivity contribution in [2.45, 2.75) is 6.92 Å². The van der Waals surface area contributed by atoms with Gasteiger partial charge in [0.25, 0.3) is 5.91 Å². The summed E-state index contributed by atoms with van der Waals surface area (Å²) in [6, 6.07) is 15.9. The Bertz CT molecular complexity index is 837. The topological polar surface area (TPSA) is 64.0 Å². The Labute approximate surface area is 133 Å². The molecule has 0 saturated carbocycles. The molecule has 5 nitrogen and oxygen atoms in total. The van der Waals surface area contributed by atoms with Gasteiger partial charge in [0, 0.05) is 23.5 Å². The van der Waals surface area contributed by atoms with E-state index in [1.807, 2.05) is 24.4 Å². The number of hydrogen-bond acceptors (Lipinski definition) is 3. The van der Waals surface area contributed by atoms with Crippen molar-refractivity contribution in [1.82, 2.24) is 9.78 Å². The van der Waals surface area contributed by atoms with Gasteiger partial charge in [-0.2, -0.15) is 5.10 Å². The molecular weight excluding hydrogens is 290 g/mol.